The number of rotatable bonds is 4. The fraction of sp³-hybridized carbons (Fsp3) is 0.269. The second-order valence-corrected chi connectivity index (χ2v) is 9.21. The number of hydrogen-bond acceptors (Lipinski definition) is 6. The van der Waals surface area contributed by atoms with E-state index in [-0.39, 0.29) is 17.6 Å². The number of hydrazine groups is 1. The molecular weight excluding hydrogens is 483 g/mol. The molecule has 37 heavy (non-hydrogen) atoms. The Hall–Kier alpha value is -4.14. The normalized spacial score (nSPS) is 19.2. The number of carbonyl (C=O) groups excluding carboxylic acids is 1. The minimum atomic E-state index is -4.38. The molecule has 3 aliphatic heterocycles. The molecule has 2 amide bonds. The van der Waals surface area contributed by atoms with Crippen molar-refractivity contribution in [3.63, 3.8) is 0 Å². The molecule has 2 aromatic heterocycles. The summed E-state index contributed by atoms with van der Waals surface area (Å²) in [5.41, 5.74) is 7.88. The van der Waals surface area contributed by atoms with Crippen molar-refractivity contribution in [3.05, 3.63) is 65.9 Å². The standard InChI is InChI=1S/C26H22F3N7O/c1-2-15-3-10-21(30-13-15)32-25(37)36-18-11-12-35(14-18)20-9-8-19(31-24(20)36)16-4-6-17(7-5-16)22(23-33-34-23)26(27,28)29/h1,3-10,13,18,22-23,33-34H,11-12,14H2,(H,30,32,37)/t18-,22?/m0/s1. The van der Waals surface area contributed by atoms with Crippen LogP contribution in [-0.4, -0.2) is 47.5 Å². The lowest BCUT2D eigenvalue weighted by Gasteiger charge is -2.35. The molecule has 188 valence electrons. The maximum absolute atomic E-state index is 13.5. The Balaban J connectivity index is 1.30. The van der Waals surface area contributed by atoms with Crippen LogP contribution in [0.5, 0.6) is 0 Å². The van der Waals surface area contributed by atoms with Gasteiger partial charge in [-0.1, -0.05) is 30.2 Å². The fourth-order valence-electron chi connectivity index (χ4n) is 5.00. The van der Waals surface area contributed by atoms with Crippen LogP contribution >= 0.6 is 0 Å². The van der Waals surface area contributed by atoms with Crippen LogP contribution in [0.1, 0.15) is 23.5 Å². The summed E-state index contributed by atoms with van der Waals surface area (Å²) in [4.78, 5) is 26.2. The maximum Gasteiger partial charge on any atom is 0.398 e. The molecule has 6 rings (SSSR count). The first-order chi connectivity index (χ1) is 17.8. The number of carbonyl (C=O) groups is 1. The Labute approximate surface area is 210 Å². The Morgan fingerprint density at radius 2 is 1.92 bits per heavy atom. The average molecular weight is 506 g/mol. The van der Waals surface area contributed by atoms with E-state index in [9.17, 15) is 18.0 Å². The third-order valence-corrected chi connectivity index (χ3v) is 6.90. The average Bonchev–Trinajstić information content (AvgIpc) is 3.63. The lowest BCUT2D eigenvalue weighted by molar-refractivity contribution is -0.150. The molecule has 1 unspecified atom stereocenters. The summed E-state index contributed by atoms with van der Waals surface area (Å²) in [7, 11) is 0. The van der Waals surface area contributed by atoms with Gasteiger partial charge in [0.15, 0.2) is 5.82 Å². The molecule has 2 fully saturated rings. The van der Waals surface area contributed by atoms with Gasteiger partial charge in [0.05, 0.1) is 23.6 Å². The van der Waals surface area contributed by atoms with Crippen LogP contribution in [0.15, 0.2) is 54.7 Å². The molecule has 2 bridgehead atoms. The molecule has 3 aliphatic rings. The number of benzene rings is 1. The predicted molar refractivity (Wildman–Crippen MR) is 133 cm³/mol. The molecule has 11 heteroatoms. The monoisotopic (exact) mass is 505 g/mol. The van der Waals surface area contributed by atoms with E-state index in [2.05, 4.69) is 32.0 Å². The molecule has 3 aromatic rings. The van der Waals surface area contributed by atoms with Crippen molar-refractivity contribution in [2.24, 2.45) is 0 Å². The third-order valence-electron chi connectivity index (χ3n) is 6.90. The summed E-state index contributed by atoms with van der Waals surface area (Å²) >= 11 is 0. The largest absolute Gasteiger partial charge is 0.398 e. The molecule has 0 spiro atoms. The number of amides is 2. The highest BCUT2D eigenvalue weighted by atomic mass is 19.4. The van der Waals surface area contributed by atoms with E-state index in [1.54, 1.807) is 29.2 Å². The van der Waals surface area contributed by atoms with Crippen molar-refractivity contribution >= 4 is 23.4 Å². The Morgan fingerprint density at radius 1 is 1.14 bits per heavy atom. The van der Waals surface area contributed by atoms with Crippen LogP contribution in [0.3, 0.4) is 0 Å². The summed E-state index contributed by atoms with van der Waals surface area (Å²) < 4.78 is 40.6. The highest BCUT2D eigenvalue weighted by molar-refractivity contribution is 6.04. The van der Waals surface area contributed by atoms with Crippen LogP contribution in [0, 0.1) is 12.3 Å². The van der Waals surface area contributed by atoms with Crippen molar-refractivity contribution in [3.8, 4) is 23.6 Å². The second-order valence-electron chi connectivity index (χ2n) is 9.21. The van der Waals surface area contributed by atoms with Crippen molar-refractivity contribution in [2.45, 2.75) is 30.7 Å². The van der Waals surface area contributed by atoms with E-state index in [4.69, 9.17) is 11.4 Å². The molecule has 2 saturated heterocycles. The zero-order valence-corrected chi connectivity index (χ0v) is 19.5. The van der Waals surface area contributed by atoms with Gasteiger partial charge < -0.3 is 4.90 Å². The summed E-state index contributed by atoms with van der Waals surface area (Å²) in [6, 6.07) is 12.9. The van der Waals surface area contributed by atoms with Crippen LogP contribution < -0.4 is 26.0 Å². The SMILES string of the molecule is C#Cc1ccc(NC(=O)N2c3nc(-c4ccc(C(C5NN5)C(F)(F)F)cc4)ccc3N3CC[C@H]2C3)nc1. The van der Waals surface area contributed by atoms with Gasteiger partial charge in [-0.25, -0.2) is 25.6 Å². The Bertz CT molecular complexity index is 1380. The minimum Gasteiger partial charge on any atom is -0.366 e. The number of nitrogens with zero attached hydrogens (tertiary/aromatic N) is 4. The summed E-state index contributed by atoms with van der Waals surface area (Å²) in [5.74, 6) is 1.72. The van der Waals surface area contributed by atoms with Gasteiger partial charge in [0, 0.05) is 30.4 Å². The molecule has 5 heterocycles. The van der Waals surface area contributed by atoms with Gasteiger partial charge in [-0.05, 0) is 36.2 Å². The van der Waals surface area contributed by atoms with E-state index >= 15 is 0 Å². The van der Waals surface area contributed by atoms with E-state index in [0.717, 1.165) is 18.7 Å². The first kappa shape index (κ1) is 23.3. The fourth-order valence-corrected chi connectivity index (χ4v) is 5.00. The van der Waals surface area contributed by atoms with Gasteiger partial charge in [-0.2, -0.15) is 13.2 Å². The topological polar surface area (TPSA) is 105 Å². The first-order valence-electron chi connectivity index (χ1n) is 11.8. The van der Waals surface area contributed by atoms with Gasteiger partial charge in [0.25, 0.3) is 0 Å². The van der Waals surface area contributed by atoms with Crippen LogP contribution in [0.4, 0.5) is 35.3 Å². The third kappa shape index (κ3) is 4.34. The number of nitrogens with one attached hydrogen (secondary N) is 3. The van der Waals surface area contributed by atoms with Crippen LogP contribution in [0.2, 0.25) is 0 Å². The number of anilines is 3. The van der Waals surface area contributed by atoms with Gasteiger partial charge in [-0.3, -0.25) is 10.2 Å². The second kappa shape index (κ2) is 8.76. The highest BCUT2D eigenvalue weighted by Crippen LogP contribution is 2.42. The van der Waals surface area contributed by atoms with Gasteiger partial charge >= 0.3 is 12.2 Å². The van der Waals surface area contributed by atoms with E-state index < -0.39 is 18.3 Å². The lowest BCUT2D eigenvalue weighted by atomic mass is 9.95. The molecule has 1 aromatic carbocycles. The number of halogens is 3. The van der Waals surface area contributed by atoms with Crippen molar-refractivity contribution < 1.29 is 18.0 Å². The molecule has 0 radical (unpaired) electrons. The number of aromatic nitrogens is 2. The van der Waals surface area contributed by atoms with Crippen LogP contribution in [0.25, 0.3) is 11.3 Å². The molecule has 8 nitrogen and oxygen atoms in total. The van der Waals surface area contributed by atoms with E-state index in [1.807, 2.05) is 12.1 Å². The van der Waals surface area contributed by atoms with Gasteiger partial charge in [0.1, 0.15) is 11.7 Å². The zero-order valence-electron chi connectivity index (χ0n) is 19.5. The molecule has 3 N–H and O–H groups in total. The number of terminal acetylenes is 1. The Morgan fingerprint density at radius 3 is 2.57 bits per heavy atom. The smallest absolute Gasteiger partial charge is 0.366 e. The molecule has 2 atom stereocenters. The number of pyridine rings is 2. The summed E-state index contributed by atoms with van der Waals surface area (Å²) in [6.45, 7) is 1.50. The van der Waals surface area contributed by atoms with E-state index in [1.165, 1.54) is 18.3 Å². The first-order valence-corrected chi connectivity index (χ1v) is 11.8. The predicted octanol–water partition coefficient (Wildman–Crippen LogP) is 3.84. The highest BCUT2D eigenvalue weighted by Gasteiger charge is 2.50. The number of alkyl halides is 3. The molecule has 0 aliphatic carbocycles. The summed E-state index contributed by atoms with van der Waals surface area (Å²) in [5, 5.41) is 2.83. The lowest BCUT2D eigenvalue weighted by Crippen LogP contribution is -2.48. The van der Waals surface area contributed by atoms with Gasteiger partial charge in [-0.15, -0.1) is 6.42 Å². The summed E-state index contributed by atoms with van der Waals surface area (Å²) in [6.07, 6.45) is 2.46. The maximum atomic E-state index is 13.5. The van der Waals surface area contributed by atoms with Crippen molar-refractivity contribution in [2.75, 3.05) is 28.2 Å². The number of fused-ring (bicyclic) bond motifs is 4. The van der Waals surface area contributed by atoms with Crippen LogP contribution in [-0.2, 0) is 0 Å². The molecule has 0 saturated carbocycles. The van der Waals surface area contributed by atoms with Crippen molar-refractivity contribution in [1.29, 1.82) is 0 Å². The Kier molecular flexibility index (Phi) is 5.51. The minimum absolute atomic E-state index is 0.0614. The quantitative estimate of drug-likeness (QED) is 0.368. The van der Waals surface area contributed by atoms with Crippen molar-refractivity contribution in [1.82, 2.24) is 20.8 Å². The van der Waals surface area contributed by atoms with E-state index in [0.29, 0.717) is 35.0 Å². The van der Waals surface area contributed by atoms with Gasteiger partial charge in [0.2, 0.25) is 0 Å². The zero-order chi connectivity index (χ0) is 25.7. The number of urea groups is 1. The molecular formula is C26H22F3N7O. The number of hydrogen-bond donors (Lipinski definition) is 3.